The SMILES string of the molecule is CCCOCCOc1cc(C=O)ccc1[N+](=O)[O-]. The van der Waals surface area contributed by atoms with E-state index in [1.807, 2.05) is 6.92 Å². The largest absolute Gasteiger partial charge is 0.484 e. The molecule has 0 saturated heterocycles. The van der Waals surface area contributed by atoms with E-state index in [0.29, 0.717) is 25.1 Å². The third-order valence-electron chi connectivity index (χ3n) is 2.15. The van der Waals surface area contributed by atoms with E-state index in [-0.39, 0.29) is 18.0 Å². The first-order valence-corrected chi connectivity index (χ1v) is 5.63. The van der Waals surface area contributed by atoms with Gasteiger partial charge in [0.15, 0.2) is 5.75 Å². The molecule has 0 unspecified atom stereocenters. The highest BCUT2D eigenvalue weighted by atomic mass is 16.6. The number of carbonyl (C=O) groups is 1. The number of benzene rings is 1. The summed E-state index contributed by atoms with van der Waals surface area (Å²) in [6, 6.07) is 3.99. The molecule has 0 aliphatic carbocycles. The summed E-state index contributed by atoms with van der Waals surface area (Å²) in [5, 5.41) is 10.8. The number of rotatable bonds is 8. The van der Waals surface area contributed by atoms with Gasteiger partial charge < -0.3 is 9.47 Å². The zero-order chi connectivity index (χ0) is 13.4. The van der Waals surface area contributed by atoms with Crippen LogP contribution in [0.4, 0.5) is 5.69 Å². The van der Waals surface area contributed by atoms with Gasteiger partial charge in [0.1, 0.15) is 12.9 Å². The van der Waals surface area contributed by atoms with Crippen molar-refractivity contribution in [2.45, 2.75) is 13.3 Å². The smallest absolute Gasteiger partial charge is 0.310 e. The average Bonchev–Trinajstić information content (AvgIpc) is 2.38. The van der Waals surface area contributed by atoms with Crippen LogP contribution in [0.25, 0.3) is 0 Å². The Bertz CT molecular complexity index is 419. The van der Waals surface area contributed by atoms with Crippen molar-refractivity contribution in [3.63, 3.8) is 0 Å². The molecule has 1 aromatic rings. The summed E-state index contributed by atoms with van der Waals surface area (Å²) in [6.45, 7) is 3.18. The Labute approximate surface area is 105 Å². The van der Waals surface area contributed by atoms with Gasteiger partial charge in [-0.2, -0.15) is 0 Å². The minimum atomic E-state index is -0.545. The standard InChI is InChI=1S/C12H15NO5/c1-2-5-17-6-7-18-12-8-10(9-14)3-4-11(12)13(15)16/h3-4,8-9H,2,5-7H2,1H3. The quantitative estimate of drug-likeness (QED) is 0.307. The molecule has 6 nitrogen and oxygen atoms in total. The molecule has 0 aliphatic heterocycles. The lowest BCUT2D eigenvalue weighted by atomic mass is 10.2. The fraction of sp³-hybridized carbons (Fsp3) is 0.417. The summed E-state index contributed by atoms with van der Waals surface area (Å²) in [6.07, 6.45) is 1.52. The fourth-order valence-corrected chi connectivity index (χ4v) is 1.33. The van der Waals surface area contributed by atoms with Gasteiger partial charge in [-0.1, -0.05) is 6.92 Å². The second-order valence-corrected chi connectivity index (χ2v) is 3.56. The summed E-state index contributed by atoms with van der Waals surface area (Å²) in [5.41, 5.74) is 0.182. The summed E-state index contributed by atoms with van der Waals surface area (Å²) < 4.78 is 10.5. The third-order valence-corrected chi connectivity index (χ3v) is 2.15. The normalized spacial score (nSPS) is 10.1. The van der Waals surface area contributed by atoms with Crippen molar-refractivity contribution in [3.8, 4) is 5.75 Å². The van der Waals surface area contributed by atoms with Crippen molar-refractivity contribution in [2.75, 3.05) is 19.8 Å². The molecule has 0 aliphatic rings. The minimum Gasteiger partial charge on any atom is -0.484 e. The van der Waals surface area contributed by atoms with E-state index in [2.05, 4.69) is 0 Å². The predicted octanol–water partition coefficient (Wildman–Crippen LogP) is 2.21. The van der Waals surface area contributed by atoms with Crippen LogP contribution >= 0.6 is 0 Å². The van der Waals surface area contributed by atoms with E-state index >= 15 is 0 Å². The Balaban J connectivity index is 2.66. The Morgan fingerprint density at radius 1 is 1.33 bits per heavy atom. The van der Waals surface area contributed by atoms with Gasteiger partial charge in [-0.25, -0.2) is 0 Å². The van der Waals surface area contributed by atoms with E-state index < -0.39 is 4.92 Å². The maximum Gasteiger partial charge on any atom is 0.310 e. The second-order valence-electron chi connectivity index (χ2n) is 3.56. The molecule has 0 fully saturated rings. The first kappa shape index (κ1) is 14.1. The van der Waals surface area contributed by atoms with E-state index in [1.54, 1.807) is 0 Å². The molecule has 0 radical (unpaired) electrons. The lowest BCUT2D eigenvalue weighted by molar-refractivity contribution is -0.385. The molecular formula is C12H15NO5. The van der Waals surface area contributed by atoms with Crippen molar-refractivity contribution in [3.05, 3.63) is 33.9 Å². The lowest BCUT2D eigenvalue weighted by Gasteiger charge is -2.07. The number of nitro benzene ring substituents is 1. The van der Waals surface area contributed by atoms with Gasteiger partial charge in [-0.05, 0) is 18.6 Å². The van der Waals surface area contributed by atoms with Gasteiger partial charge in [0, 0.05) is 18.2 Å². The van der Waals surface area contributed by atoms with E-state index in [0.717, 1.165) is 6.42 Å². The topological polar surface area (TPSA) is 78.7 Å². The molecule has 98 valence electrons. The summed E-state index contributed by atoms with van der Waals surface area (Å²) in [5.74, 6) is 0.0877. The average molecular weight is 253 g/mol. The maximum absolute atomic E-state index is 10.8. The number of ether oxygens (including phenoxy) is 2. The molecule has 0 heterocycles. The van der Waals surface area contributed by atoms with Crippen LogP contribution in [0.3, 0.4) is 0 Å². The number of hydrogen-bond donors (Lipinski definition) is 0. The molecule has 0 amide bonds. The van der Waals surface area contributed by atoms with Gasteiger partial charge in [0.25, 0.3) is 0 Å². The molecule has 0 N–H and O–H groups in total. The Kier molecular flexibility index (Phi) is 5.79. The zero-order valence-electron chi connectivity index (χ0n) is 10.1. The van der Waals surface area contributed by atoms with Crippen molar-refractivity contribution in [1.29, 1.82) is 0 Å². The van der Waals surface area contributed by atoms with Crippen LogP contribution in [-0.2, 0) is 4.74 Å². The van der Waals surface area contributed by atoms with Crippen LogP contribution in [0.1, 0.15) is 23.7 Å². The highest BCUT2D eigenvalue weighted by molar-refractivity contribution is 5.76. The molecule has 0 bridgehead atoms. The van der Waals surface area contributed by atoms with Gasteiger partial charge in [0.05, 0.1) is 11.5 Å². The van der Waals surface area contributed by atoms with Crippen LogP contribution < -0.4 is 4.74 Å². The third kappa shape index (κ3) is 4.14. The number of carbonyl (C=O) groups excluding carboxylic acids is 1. The Hall–Kier alpha value is -1.95. The van der Waals surface area contributed by atoms with Crippen LogP contribution in [0.2, 0.25) is 0 Å². The van der Waals surface area contributed by atoms with Gasteiger partial charge in [0.2, 0.25) is 0 Å². The first-order valence-electron chi connectivity index (χ1n) is 5.63. The summed E-state index contributed by atoms with van der Waals surface area (Å²) in [7, 11) is 0. The van der Waals surface area contributed by atoms with Crippen LogP contribution in [-0.4, -0.2) is 31.0 Å². The van der Waals surface area contributed by atoms with Crippen molar-refractivity contribution in [1.82, 2.24) is 0 Å². The fourth-order valence-electron chi connectivity index (χ4n) is 1.33. The van der Waals surface area contributed by atoms with Crippen LogP contribution in [0.5, 0.6) is 5.75 Å². The molecular weight excluding hydrogens is 238 g/mol. The monoisotopic (exact) mass is 253 g/mol. The van der Waals surface area contributed by atoms with Crippen molar-refractivity contribution < 1.29 is 19.2 Å². The molecule has 1 rings (SSSR count). The number of nitro groups is 1. The van der Waals surface area contributed by atoms with Crippen molar-refractivity contribution in [2.24, 2.45) is 0 Å². The van der Waals surface area contributed by atoms with E-state index in [4.69, 9.17) is 9.47 Å². The number of nitrogens with zero attached hydrogens (tertiary/aromatic N) is 1. The first-order chi connectivity index (χ1) is 8.69. The molecule has 18 heavy (non-hydrogen) atoms. The van der Waals surface area contributed by atoms with Crippen molar-refractivity contribution >= 4 is 12.0 Å². The summed E-state index contributed by atoms with van der Waals surface area (Å²) >= 11 is 0. The van der Waals surface area contributed by atoms with Gasteiger partial charge in [-0.3, -0.25) is 14.9 Å². The van der Waals surface area contributed by atoms with Crippen LogP contribution in [0, 0.1) is 10.1 Å². The number of hydrogen-bond acceptors (Lipinski definition) is 5. The highest BCUT2D eigenvalue weighted by Crippen LogP contribution is 2.27. The lowest BCUT2D eigenvalue weighted by Crippen LogP contribution is -2.08. The molecule has 0 atom stereocenters. The number of aldehydes is 1. The molecule has 0 spiro atoms. The summed E-state index contributed by atoms with van der Waals surface area (Å²) in [4.78, 5) is 20.8. The molecule has 6 heteroatoms. The predicted molar refractivity (Wildman–Crippen MR) is 65.1 cm³/mol. The van der Waals surface area contributed by atoms with Crippen LogP contribution in [0.15, 0.2) is 18.2 Å². The zero-order valence-corrected chi connectivity index (χ0v) is 10.1. The van der Waals surface area contributed by atoms with Gasteiger partial charge >= 0.3 is 5.69 Å². The maximum atomic E-state index is 10.8. The Morgan fingerprint density at radius 2 is 2.11 bits per heavy atom. The highest BCUT2D eigenvalue weighted by Gasteiger charge is 2.15. The second kappa shape index (κ2) is 7.39. The van der Waals surface area contributed by atoms with E-state index in [9.17, 15) is 14.9 Å². The molecule has 0 saturated carbocycles. The van der Waals surface area contributed by atoms with E-state index in [1.165, 1.54) is 18.2 Å². The minimum absolute atomic E-state index is 0.0877. The molecule has 1 aromatic carbocycles. The van der Waals surface area contributed by atoms with Gasteiger partial charge in [-0.15, -0.1) is 0 Å². The Morgan fingerprint density at radius 3 is 2.72 bits per heavy atom. The molecule has 0 aromatic heterocycles.